The van der Waals surface area contributed by atoms with Crippen LogP contribution in [-0.4, -0.2) is 24.6 Å². The van der Waals surface area contributed by atoms with Gasteiger partial charge in [0.15, 0.2) is 0 Å². The van der Waals surface area contributed by atoms with Crippen molar-refractivity contribution in [2.45, 2.75) is 6.92 Å². The highest BCUT2D eigenvalue weighted by Crippen LogP contribution is 2.36. The lowest BCUT2D eigenvalue weighted by atomic mass is 10.0. The first-order valence-corrected chi connectivity index (χ1v) is 11.1. The molecule has 9 heteroatoms. The van der Waals surface area contributed by atoms with Gasteiger partial charge in [-0.1, -0.05) is 6.07 Å². The van der Waals surface area contributed by atoms with Gasteiger partial charge in [0, 0.05) is 11.3 Å². The third-order valence-electron chi connectivity index (χ3n) is 4.50. The van der Waals surface area contributed by atoms with Crippen molar-refractivity contribution in [2.24, 2.45) is 0 Å². The summed E-state index contributed by atoms with van der Waals surface area (Å²) < 4.78 is 45.0. The Hall–Kier alpha value is -3.72. The fourth-order valence-corrected chi connectivity index (χ4v) is 3.65. The summed E-state index contributed by atoms with van der Waals surface area (Å²) in [5, 5.41) is 0. The van der Waals surface area contributed by atoms with Crippen LogP contribution in [-0.2, 0) is 10.0 Å². The third kappa shape index (κ3) is 4.72. The number of ether oxygens (including phenoxy) is 1. The number of hydrogen-bond acceptors (Lipinski definition) is 5. The predicted octanol–water partition coefficient (Wildman–Crippen LogP) is 4.20. The maximum Gasteiger partial charge on any atom is 0.269 e. The molecule has 158 valence electrons. The van der Waals surface area contributed by atoms with E-state index in [0.29, 0.717) is 45.0 Å². The number of anilines is 1. The number of aromatic nitrogens is 2. The summed E-state index contributed by atoms with van der Waals surface area (Å²) in [5.41, 5.74) is 2.86. The van der Waals surface area contributed by atoms with E-state index >= 15 is 0 Å². The van der Waals surface area contributed by atoms with E-state index in [1.807, 2.05) is 0 Å². The van der Waals surface area contributed by atoms with Crippen molar-refractivity contribution in [2.75, 3.05) is 11.0 Å². The molecular weight excluding hydrogens is 421 g/mol. The molecule has 0 spiro atoms. The third-order valence-corrected chi connectivity index (χ3v) is 5.10. The van der Waals surface area contributed by atoms with Gasteiger partial charge in [0.2, 0.25) is 10.0 Å². The number of aromatic amines is 1. The minimum atomic E-state index is -3.48. The summed E-state index contributed by atoms with van der Waals surface area (Å²) >= 11 is 0. The van der Waals surface area contributed by atoms with Crippen LogP contribution >= 0.6 is 0 Å². The molecule has 3 aromatic carbocycles. The lowest BCUT2D eigenvalue weighted by molar-refractivity contribution is 0.482. The van der Waals surface area contributed by atoms with Crippen LogP contribution < -0.4 is 15.0 Å². The fourth-order valence-electron chi connectivity index (χ4n) is 3.09. The molecule has 2 N–H and O–H groups in total. The van der Waals surface area contributed by atoms with Gasteiger partial charge in [-0.2, -0.15) is 0 Å². The Balaban J connectivity index is 1.85. The van der Waals surface area contributed by atoms with Gasteiger partial charge in [-0.3, -0.25) is 9.52 Å². The van der Waals surface area contributed by atoms with Crippen LogP contribution in [0.1, 0.15) is 5.69 Å². The molecule has 1 aromatic heterocycles. The van der Waals surface area contributed by atoms with Crippen molar-refractivity contribution in [3.8, 4) is 22.6 Å². The van der Waals surface area contributed by atoms with Gasteiger partial charge in [-0.15, -0.1) is 0 Å². The molecule has 0 atom stereocenters. The van der Waals surface area contributed by atoms with Crippen LogP contribution in [0.2, 0.25) is 0 Å². The molecule has 0 aliphatic heterocycles. The lowest BCUT2D eigenvalue weighted by Gasteiger charge is -2.14. The molecule has 4 aromatic rings. The molecule has 0 aliphatic carbocycles. The van der Waals surface area contributed by atoms with E-state index in [-0.39, 0.29) is 11.4 Å². The van der Waals surface area contributed by atoms with Gasteiger partial charge in [-0.05, 0) is 67.1 Å². The molecule has 0 saturated carbocycles. The molecule has 0 unspecified atom stereocenters. The number of hydrogen-bond donors (Lipinski definition) is 2. The Morgan fingerprint density at radius 3 is 2.48 bits per heavy atom. The normalized spacial score (nSPS) is 11.5. The highest BCUT2D eigenvalue weighted by atomic mass is 32.2. The van der Waals surface area contributed by atoms with E-state index in [1.54, 1.807) is 43.3 Å². The first kappa shape index (κ1) is 20.5. The van der Waals surface area contributed by atoms with E-state index in [9.17, 15) is 17.6 Å². The molecule has 31 heavy (non-hydrogen) atoms. The second-order valence-electron chi connectivity index (χ2n) is 7.02. The van der Waals surface area contributed by atoms with Gasteiger partial charge in [0.05, 0.1) is 17.3 Å². The first-order valence-electron chi connectivity index (χ1n) is 9.24. The zero-order valence-corrected chi connectivity index (χ0v) is 17.5. The summed E-state index contributed by atoms with van der Waals surface area (Å²) in [4.78, 5) is 18.9. The topological polar surface area (TPSA) is 101 Å². The standard InChI is InChI=1S/C22H18FN3O4S/c1-13-22(27)25-19-9-3-14(11-20(19)24-13)18-12-16(26-31(2,28)29)6-10-21(18)30-17-7-4-15(23)5-8-17/h3-12,26H,1-2H3,(H,25,27). The Morgan fingerprint density at radius 2 is 1.77 bits per heavy atom. The first-order chi connectivity index (χ1) is 14.7. The molecular formula is C22H18FN3O4S. The van der Waals surface area contributed by atoms with Crippen LogP contribution in [0.15, 0.2) is 65.5 Å². The number of sulfonamides is 1. The maximum absolute atomic E-state index is 13.2. The molecule has 0 aliphatic rings. The van der Waals surface area contributed by atoms with Crippen LogP contribution in [0.4, 0.5) is 10.1 Å². The SMILES string of the molecule is Cc1nc2cc(-c3cc(NS(C)(=O)=O)ccc3Oc3ccc(F)cc3)ccc2[nH]c1=O. The van der Waals surface area contributed by atoms with E-state index in [0.717, 1.165) is 6.26 Å². The second kappa shape index (κ2) is 7.84. The number of fused-ring (bicyclic) bond motifs is 1. The summed E-state index contributed by atoms with van der Waals surface area (Å²) in [6.07, 6.45) is 1.06. The molecule has 0 amide bonds. The fraction of sp³-hybridized carbons (Fsp3) is 0.0909. The Morgan fingerprint density at radius 1 is 1.03 bits per heavy atom. The van der Waals surface area contributed by atoms with Gasteiger partial charge in [0.25, 0.3) is 5.56 Å². The molecule has 7 nitrogen and oxygen atoms in total. The van der Waals surface area contributed by atoms with E-state index < -0.39 is 10.0 Å². The average molecular weight is 439 g/mol. The van der Waals surface area contributed by atoms with Crippen LogP contribution in [0.5, 0.6) is 11.5 Å². The number of halogens is 1. The van der Waals surface area contributed by atoms with E-state index in [4.69, 9.17) is 4.74 Å². The summed E-state index contributed by atoms with van der Waals surface area (Å²) in [5.74, 6) is 0.474. The molecule has 0 radical (unpaired) electrons. The van der Waals surface area contributed by atoms with Crippen LogP contribution in [0.25, 0.3) is 22.2 Å². The lowest BCUT2D eigenvalue weighted by Crippen LogP contribution is -2.11. The van der Waals surface area contributed by atoms with Gasteiger partial charge in [-0.25, -0.2) is 17.8 Å². The number of nitrogens with zero attached hydrogens (tertiary/aromatic N) is 1. The van der Waals surface area contributed by atoms with Gasteiger partial charge >= 0.3 is 0 Å². The summed E-state index contributed by atoms with van der Waals surface area (Å²) in [6, 6.07) is 15.7. The number of aryl methyl sites for hydroxylation is 1. The van der Waals surface area contributed by atoms with Crippen LogP contribution in [0.3, 0.4) is 0 Å². The van der Waals surface area contributed by atoms with Crippen molar-refractivity contribution in [1.29, 1.82) is 0 Å². The number of H-pyrrole nitrogens is 1. The molecule has 0 bridgehead atoms. The van der Waals surface area contributed by atoms with Crippen molar-refractivity contribution in [3.05, 3.63) is 82.5 Å². The monoisotopic (exact) mass is 439 g/mol. The van der Waals surface area contributed by atoms with E-state index in [2.05, 4.69) is 14.7 Å². The zero-order valence-electron chi connectivity index (χ0n) is 16.6. The Labute approximate surface area is 177 Å². The number of benzene rings is 3. The molecule has 1 heterocycles. The summed E-state index contributed by atoms with van der Waals surface area (Å²) in [6.45, 7) is 1.62. The van der Waals surface area contributed by atoms with Crippen molar-refractivity contribution >= 4 is 26.7 Å². The number of rotatable bonds is 5. The zero-order chi connectivity index (χ0) is 22.2. The highest BCUT2D eigenvalue weighted by molar-refractivity contribution is 7.92. The van der Waals surface area contributed by atoms with Crippen LogP contribution in [0, 0.1) is 12.7 Å². The van der Waals surface area contributed by atoms with Gasteiger partial charge in [0.1, 0.15) is 23.0 Å². The summed E-state index contributed by atoms with van der Waals surface area (Å²) in [7, 11) is -3.48. The predicted molar refractivity (Wildman–Crippen MR) is 117 cm³/mol. The molecule has 0 fully saturated rings. The number of nitrogens with one attached hydrogen (secondary N) is 2. The second-order valence-corrected chi connectivity index (χ2v) is 8.77. The quantitative estimate of drug-likeness (QED) is 0.485. The average Bonchev–Trinajstić information content (AvgIpc) is 2.70. The van der Waals surface area contributed by atoms with Crippen molar-refractivity contribution in [1.82, 2.24) is 9.97 Å². The smallest absolute Gasteiger partial charge is 0.269 e. The van der Waals surface area contributed by atoms with Crippen molar-refractivity contribution < 1.29 is 17.5 Å². The van der Waals surface area contributed by atoms with Crippen molar-refractivity contribution in [3.63, 3.8) is 0 Å². The molecule has 4 rings (SSSR count). The Kier molecular flexibility index (Phi) is 5.20. The van der Waals surface area contributed by atoms with Gasteiger partial charge < -0.3 is 9.72 Å². The highest BCUT2D eigenvalue weighted by Gasteiger charge is 2.13. The largest absolute Gasteiger partial charge is 0.457 e. The minimum absolute atomic E-state index is 0.264. The Bertz CT molecular complexity index is 1450. The minimum Gasteiger partial charge on any atom is -0.457 e. The maximum atomic E-state index is 13.2. The van der Waals surface area contributed by atoms with E-state index in [1.165, 1.54) is 24.3 Å². The molecule has 0 saturated heterocycles.